The summed E-state index contributed by atoms with van der Waals surface area (Å²) in [5.41, 5.74) is 1.20. The standard InChI is InChI=1S/C17H24Cl2N2/c1-20-17(9-11-3-4-13(18)10-16(11)19)12-7-14-5-6-15(8-12)21(14)2/h3-4,10,12,14-15,17,20H,5-9H2,1-2H3. The van der Waals surface area contributed by atoms with Gasteiger partial charge in [0.1, 0.15) is 0 Å². The first kappa shape index (κ1) is 15.6. The van der Waals surface area contributed by atoms with Gasteiger partial charge >= 0.3 is 0 Å². The van der Waals surface area contributed by atoms with E-state index in [0.29, 0.717) is 11.1 Å². The Morgan fingerprint density at radius 2 is 1.90 bits per heavy atom. The molecule has 0 spiro atoms. The van der Waals surface area contributed by atoms with Crippen molar-refractivity contribution in [3.05, 3.63) is 33.8 Å². The third kappa shape index (κ3) is 3.24. The summed E-state index contributed by atoms with van der Waals surface area (Å²) in [5, 5.41) is 5.04. The van der Waals surface area contributed by atoms with Crippen LogP contribution in [0.2, 0.25) is 10.0 Å². The van der Waals surface area contributed by atoms with Gasteiger partial charge in [-0.05, 0) is 69.8 Å². The molecule has 2 saturated heterocycles. The molecule has 2 aliphatic heterocycles. The molecule has 2 aliphatic rings. The molecule has 116 valence electrons. The van der Waals surface area contributed by atoms with Crippen LogP contribution in [0.3, 0.4) is 0 Å². The number of rotatable bonds is 4. The first-order chi connectivity index (χ1) is 10.1. The van der Waals surface area contributed by atoms with Crippen LogP contribution in [0.1, 0.15) is 31.2 Å². The lowest BCUT2D eigenvalue weighted by Crippen LogP contribution is -2.47. The van der Waals surface area contributed by atoms with Crippen molar-refractivity contribution >= 4 is 23.2 Å². The number of piperidine rings is 1. The predicted octanol–water partition coefficient (Wildman–Crippen LogP) is 4.00. The topological polar surface area (TPSA) is 15.3 Å². The number of benzene rings is 1. The van der Waals surface area contributed by atoms with Gasteiger partial charge in [-0.3, -0.25) is 0 Å². The lowest BCUT2D eigenvalue weighted by molar-refractivity contribution is 0.114. The minimum atomic E-state index is 0.500. The van der Waals surface area contributed by atoms with E-state index in [2.05, 4.69) is 30.4 Å². The van der Waals surface area contributed by atoms with Crippen LogP contribution in [0, 0.1) is 5.92 Å². The van der Waals surface area contributed by atoms with Crippen LogP contribution in [-0.4, -0.2) is 37.1 Å². The molecule has 2 heterocycles. The van der Waals surface area contributed by atoms with Gasteiger partial charge in [-0.15, -0.1) is 0 Å². The van der Waals surface area contributed by atoms with E-state index in [1.165, 1.54) is 31.2 Å². The fraction of sp³-hybridized carbons (Fsp3) is 0.647. The van der Waals surface area contributed by atoms with Crippen molar-refractivity contribution in [2.45, 2.75) is 50.2 Å². The van der Waals surface area contributed by atoms with Gasteiger partial charge in [0, 0.05) is 28.2 Å². The van der Waals surface area contributed by atoms with E-state index < -0.39 is 0 Å². The summed E-state index contributed by atoms with van der Waals surface area (Å²) in [7, 11) is 4.37. The lowest BCUT2D eigenvalue weighted by Gasteiger charge is -2.40. The Hall–Kier alpha value is -0.280. The molecule has 1 aromatic rings. The second kappa shape index (κ2) is 6.45. The Balaban J connectivity index is 1.71. The van der Waals surface area contributed by atoms with Crippen molar-refractivity contribution in [2.75, 3.05) is 14.1 Å². The first-order valence-corrected chi connectivity index (χ1v) is 8.67. The zero-order valence-corrected chi connectivity index (χ0v) is 14.3. The Morgan fingerprint density at radius 1 is 1.24 bits per heavy atom. The summed E-state index contributed by atoms with van der Waals surface area (Å²) < 4.78 is 0. The fourth-order valence-corrected chi connectivity index (χ4v) is 4.70. The molecule has 3 rings (SSSR count). The molecule has 2 fully saturated rings. The maximum atomic E-state index is 6.34. The zero-order valence-electron chi connectivity index (χ0n) is 12.8. The van der Waals surface area contributed by atoms with Crippen molar-refractivity contribution in [1.29, 1.82) is 0 Å². The van der Waals surface area contributed by atoms with Crippen LogP contribution >= 0.6 is 23.2 Å². The number of likely N-dealkylation sites (N-methyl/N-ethyl adjacent to an activating group) is 1. The van der Waals surface area contributed by atoms with E-state index >= 15 is 0 Å². The molecular formula is C17H24Cl2N2. The Bertz CT molecular complexity index is 492. The molecule has 1 aromatic carbocycles. The van der Waals surface area contributed by atoms with Crippen LogP contribution < -0.4 is 5.32 Å². The summed E-state index contributed by atoms with van der Waals surface area (Å²) >= 11 is 12.3. The van der Waals surface area contributed by atoms with Crippen molar-refractivity contribution in [1.82, 2.24) is 10.2 Å². The molecule has 0 aromatic heterocycles. The average Bonchev–Trinajstić information content (AvgIpc) is 2.68. The molecule has 1 N–H and O–H groups in total. The Morgan fingerprint density at radius 3 is 2.48 bits per heavy atom. The van der Waals surface area contributed by atoms with Crippen molar-refractivity contribution < 1.29 is 0 Å². The van der Waals surface area contributed by atoms with Crippen molar-refractivity contribution in [2.24, 2.45) is 5.92 Å². The zero-order chi connectivity index (χ0) is 15.0. The van der Waals surface area contributed by atoms with Crippen LogP contribution in [0.4, 0.5) is 0 Å². The van der Waals surface area contributed by atoms with Gasteiger partial charge in [0.05, 0.1) is 0 Å². The Kier molecular flexibility index (Phi) is 4.80. The van der Waals surface area contributed by atoms with Gasteiger partial charge in [-0.2, -0.15) is 0 Å². The van der Waals surface area contributed by atoms with E-state index in [1.807, 2.05) is 12.1 Å². The SMILES string of the molecule is CNC(Cc1ccc(Cl)cc1Cl)C1CC2CCC(C1)N2C. The average molecular weight is 327 g/mol. The number of nitrogens with one attached hydrogen (secondary N) is 1. The van der Waals surface area contributed by atoms with Gasteiger partial charge in [0.15, 0.2) is 0 Å². The highest BCUT2D eigenvalue weighted by molar-refractivity contribution is 6.35. The van der Waals surface area contributed by atoms with Crippen molar-refractivity contribution in [3.8, 4) is 0 Å². The van der Waals surface area contributed by atoms with Crippen LogP contribution in [0.15, 0.2) is 18.2 Å². The number of fused-ring (bicyclic) bond motifs is 2. The minimum absolute atomic E-state index is 0.500. The molecule has 0 amide bonds. The molecule has 3 atom stereocenters. The Labute approximate surface area is 137 Å². The predicted molar refractivity (Wildman–Crippen MR) is 90.3 cm³/mol. The quantitative estimate of drug-likeness (QED) is 0.899. The summed E-state index contributed by atoms with van der Waals surface area (Å²) in [4.78, 5) is 2.60. The van der Waals surface area contributed by atoms with Gasteiger partial charge in [-0.1, -0.05) is 29.3 Å². The minimum Gasteiger partial charge on any atom is -0.316 e. The maximum absolute atomic E-state index is 6.34. The molecular weight excluding hydrogens is 303 g/mol. The summed E-state index contributed by atoms with van der Waals surface area (Å²) in [6.07, 6.45) is 6.35. The van der Waals surface area contributed by atoms with E-state index in [0.717, 1.165) is 29.4 Å². The largest absolute Gasteiger partial charge is 0.316 e. The molecule has 2 nitrogen and oxygen atoms in total. The summed E-state index contributed by atoms with van der Waals surface area (Å²) in [6, 6.07) is 7.92. The third-order valence-electron chi connectivity index (χ3n) is 5.53. The molecule has 0 aliphatic carbocycles. The lowest BCUT2D eigenvalue weighted by atomic mass is 9.82. The summed E-state index contributed by atoms with van der Waals surface area (Å²) in [5.74, 6) is 0.746. The molecule has 0 radical (unpaired) electrons. The van der Waals surface area contributed by atoms with Gasteiger partial charge in [0.2, 0.25) is 0 Å². The van der Waals surface area contributed by atoms with E-state index in [1.54, 1.807) is 0 Å². The third-order valence-corrected chi connectivity index (χ3v) is 6.12. The van der Waals surface area contributed by atoms with E-state index in [4.69, 9.17) is 23.2 Å². The van der Waals surface area contributed by atoms with E-state index in [9.17, 15) is 0 Å². The highest BCUT2D eigenvalue weighted by Gasteiger charge is 2.40. The highest BCUT2D eigenvalue weighted by atomic mass is 35.5. The number of halogens is 2. The normalized spacial score (nSPS) is 30.6. The smallest absolute Gasteiger partial charge is 0.0453 e. The highest BCUT2D eigenvalue weighted by Crippen LogP contribution is 2.39. The molecule has 21 heavy (non-hydrogen) atoms. The number of hydrogen-bond acceptors (Lipinski definition) is 2. The van der Waals surface area contributed by atoms with Crippen LogP contribution in [0.5, 0.6) is 0 Å². The maximum Gasteiger partial charge on any atom is 0.0453 e. The second-order valence-electron chi connectivity index (χ2n) is 6.62. The van der Waals surface area contributed by atoms with Crippen molar-refractivity contribution in [3.63, 3.8) is 0 Å². The number of nitrogens with zero attached hydrogens (tertiary/aromatic N) is 1. The fourth-order valence-electron chi connectivity index (χ4n) is 4.21. The van der Waals surface area contributed by atoms with E-state index in [-0.39, 0.29) is 0 Å². The van der Waals surface area contributed by atoms with Gasteiger partial charge in [-0.25, -0.2) is 0 Å². The molecule has 4 heteroatoms. The summed E-state index contributed by atoms with van der Waals surface area (Å²) in [6.45, 7) is 0. The van der Waals surface area contributed by atoms with Crippen LogP contribution in [0.25, 0.3) is 0 Å². The van der Waals surface area contributed by atoms with Crippen LogP contribution in [-0.2, 0) is 6.42 Å². The molecule has 0 saturated carbocycles. The van der Waals surface area contributed by atoms with Gasteiger partial charge in [0.25, 0.3) is 0 Å². The monoisotopic (exact) mass is 326 g/mol. The first-order valence-electron chi connectivity index (χ1n) is 7.91. The second-order valence-corrected chi connectivity index (χ2v) is 7.46. The molecule has 2 bridgehead atoms. The molecule has 3 unspecified atom stereocenters. The number of hydrogen-bond donors (Lipinski definition) is 1. The van der Waals surface area contributed by atoms with Gasteiger partial charge < -0.3 is 10.2 Å².